The van der Waals surface area contributed by atoms with Crippen molar-refractivity contribution in [1.82, 2.24) is 14.7 Å². The normalized spacial score (nSPS) is 22.6. The van der Waals surface area contributed by atoms with Crippen molar-refractivity contribution >= 4 is 31.9 Å². The Bertz CT molecular complexity index is 1160. The summed E-state index contributed by atoms with van der Waals surface area (Å²) >= 11 is 0. The van der Waals surface area contributed by atoms with Gasteiger partial charge in [-0.3, -0.25) is 9.48 Å². The number of amides is 1. The van der Waals surface area contributed by atoms with Crippen LogP contribution in [0.2, 0.25) is 18.1 Å². The smallest absolute Gasteiger partial charge is 0.431 e. The molecule has 4 rings (SSSR count). The van der Waals surface area contributed by atoms with E-state index in [0.29, 0.717) is 24.2 Å². The molecule has 1 saturated carbocycles. The molecule has 2 aliphatic heterocycles. The lowest BCUT2D eigenvalue weighted by Crippen LogP contribution is -2.63. The molecule has 1 aromatic heterocycles. The molecule has 11 heteroatoms. The molecule has 10 nitrogen and oxygen atoms in total. The number of hydrogen-bond donors (Lipinski definition) is 0. The van der Waals surface area contributed by atoms with Gasteiger partial charge in [0.05, 0.1) is 23.8 Å². The average molecular weight is 576 g/mol. The third kappa shape index (κ3) is 6.00. The molecule has 0 bridgehead atoms. The van der Waals surface area contributed by atoms with E-state index in [1.54, 1.807) is 0 Å². The van der Waals surface area contributed by atoms with Gasteiger partial charge in [0.25, 0.3) is 0 Å². The van der Waals surface area contributed by atoms with Crippen LogP contribution in [-0.4, -0.2) is 66.1 Å². The maximum Gasteiger partial charge on any atom is 0.511 e. The minimum atomic E-state index is -2.11. The van der Waals surface area contributed by atoms with Crippen LogP contribution >= 0.6 is 0 Å². The Labute approximate surface area is 238 Å². The lowest BCUT2D eigenvalue weighted by atomic mass is 9.83. The van der Waals surface area contributed by atoms with Gasteiger partial charge in [0.15, 0.2) is 8.32 Å². The van der Waals surface area contributed by atoms with E-state index < -0.39 is 27.2 Å². The average Bonchev–Trinajstić information content (AvgIpc) is 3.41. The first kappa shape index (κ1) is 30.3. The molecular weight excluding hydrogens is 530 g/mol. The fourth-order valence-corrected chi connectivity index (χ4v) is 7.15. The van der Waals surface area contributed by atoms with Crippen molar-refractivity contribution in [3.8, 4) is 0 Å². The lowest BCUT2D eigenvalue weighted by Gasteiger charge is -2.48. The second-order valence-corrected chi connectivity index (χ2v) is 17.5. The molecule has 0 unspecified atom stereocenters. The quantitative estimate of drug-likeness (QED) is 0.163. The highest BCUT2D eigenvalue weighted by molar-refractivity contribution is 6.74. The van der Waals surface area contributed by atoms with E-state index in [9.17, 15) is 14.4 Å². The van der Waals surface area contributed by atoms with Gasteiger partial charge < -0.3 is 23.5 Å². The zero-order chi connectivity index (χ0) is 29.4. The Balaban J connectivity index is 1.49. The number of hydrogen-bond acceptors (Lipinski definition) is 8. The van der Waals surface area contributed by atoms with E-state index in [-0.39, 0.29) is 40.8 Å². The Hall–Kier alpha value is -2.66. The molecule has 0 aromatic carbocycles. The first-order valence-corrected chi connectivity index (χ1v) is 17.5. The summed E-state index contributed by atoms with van der Waals surface area (Å²) in [5.41, 5.74) is 2.42. The number of β-lactam (4-membered cyclic amide) rings is 1. The number of ether oxygens (including phenoxy) is 3. The fraction of sp³-hybridized carbons (Fsp3) is 0.724. The molecule has 1 saturated heterocycles. The number of nitrogens with zero attached hydrogens (tertiary/aromatic N) is 3. The molecule has 0 radical (unpaired) electrons. The van der Waals surface area contributed by atoms with Gasteiger partial charge in [-0.05, 0) is 77.1 Å². The highest BCUT2D eigenvalue weighted by atomic mass is 28.4. The highest BCUT2D eigenvalue weighted by Gasteiger charge is 2.58. The van der Waals surface area contributed by atoms with Crippen molar-refractivity contribution in [3.63, 3.8) is 0 Å². The van der Waals surface area contributed by atoms with Crippen LogP contribution in [0.5, 0.6) is 0 Å². The van der Waals surface area contributed by atoms with Gasteiger partial charge in [-0.1, -0.05) is 27.2 Å². The van der Waals surface area contributed by atoms with Crippen molar-refractivity contribution in [3.05, 3.63) is 23.2 Å². The van der Waals surface area contributed by atoms with E-state index in [0.717, 1.165) is 37.8 Å². The van der Waals surface area contributed by atoms with Crippen molar-refractivity contribution < 1.29 is 33.0 Å². The molecule has 1 amide bonds. The molecule has 0 spiro atoms. The van der Waals surface area contributed by atoms with Crippen LogP contribution in [0.3, 0.4) is 0 Å². The molecule has 40 heavy (non-hydrogen) atoms. The number of carbonyl (C=O) groups is 3. The van der Waals surface area contributed by atoms with E-state index in [2.05, 4.69) is 39.0 Å². The molecule has 1 aromatic rings. The van der Waals surface area contributed by atoms with Crippen LogP contribution in [0.1, 0.15) is 84.5 Å². The molecule has 0 N–H and O–H groups in total. The first-order chi connectivity index (χ1) is 18.7. The topological polar surface area (TPSA) is 109 Å². The summed E-state index contributed by atoms with van der Waals surface area (Å²) in [6.45, 7) is 16.9. The van der Waals surface area contributed by atoms with Crippen molar-refractivity contribution in [2.45, 2.75) is 123 Å². The number of carbonyl (C=O) groups excluding carboxylic acids is 3. The largest absolute Gasteiger partial charge is 0.511 e. The van der Waals surface area contributed by atoms with E-state index in [1.807, 2.05) is 31.5 Å². The van der Waals surface area contributed by atoms with Gasteiger partial charge in [0.1, 0.15) is 11.8 Å². The van der Waals surface area contributed by atoms with Crippen LogP contribution in [0.25, 0.3) is 5.57 Å². The van der Waals surface area contributed by atoms with Crippen LogP contribution in [0.15, 0.2) is 11.8 Å². The number of rotatable bonds is 9. The minimum absolute atomic E-state index is 0.00441. The minimum Gasteiger partial charge on any atom is -0.431 e. The van der Waals surface area contributed by atoms with Crippen LogP contribution in [0, 0.1) is 12.8 Å². The van der Waals surface area contributed by atoms with Crippen molar-refractivity contribution in [2.75, 3.05) is 6.79 Å². The Morgan fingerprint density at radius 1 is 1.15 bits per heavy atom. The number of fused-ring (bicyclic) bond motifs is 1. The predicted octanol–water partition coefficient (Wildman–Crippen LogP) is 5.55. The maximum absolute atomic E-state index is 13.5. The van der Waals surface area contributed by atoms with E-state index in [1.165, 1.54) is 4.90 Å². The van der Waals surface area contributed by atoms with Crippen LogP contribution in [0.4, 0.5) is 4.79 Å². The summed E-state index contributed by atoms with van der Waals surface area (Å²) in [6, 6.07) is 1.69. The Morgan fingerprint density at radius 2 is 1.82 bits per heavy atom. The number of aromatic nitrogens is 2. The third-order valence-electron chi connectivity index (χ3n) is 8.97. The SMILES string of the molecule is CCn1nc(C2=C(C(=O)OCOC(=O)OC3CCCCC3)N3C(=O)[C@H]([C@@H](C)O[Si](C)(C)C(C)(C)C)[C@H]3C2)cc1C. The van der Waals surface area contributed by atoms with E-state index in [4.69, 9.17) is 18.6 Å². The number of aryl methyl sites for hydroxylation is 2. The van der Waals surface area contributed by atoms with Gasteiger partial charge in [-0.2, -0.15) is 5.10 Å². The predicted molar refractivity (Wildman–Crippen MR) is 151 cm³/mol. The maximum atomic E-state index is 13.5. The fourth-order valence-electron chi connectivity index (χ4n) is 5.72. The highest BCUT2D eigenvalue weighted by Crippen LogP contribution is 2.49. The molecule has 3 heterocycles. The zero-order valence-corrected chi connectivity index (χ0v) is 26.2. The van der Waals surface area contributed by atoms with Gasteiger partial charge in [0, 0.05) is 17.8 Å². The van der Waals surface area contributed by atoms with Gasteiger partial charge in [-0.25, -0.2) is 9.59 Å². The zero-order valence-electron chi connectivity index (χ0n) is 25.2. The monoisotopic (exact) mass is 575 g/mol. The molecule has 222 valence electrons. The summed E-state index contributed by atoms with van der Waals surface area (Å²) in [5.74, 6) is -1.26. The van der Waals surface area contributed by atoms with Gasteiger partial charge in [-0.15, -0.1) is 0 Å². The summed E-state index contributed by atoms with van der Waals surface area (Å²) in [4.78, 5) is 40.5. The summed E-state index contributed by atoms with van der Waals surface area (Å²) in [6.07, 6.45) is 3.95. The van der Waals surface area contributed by atoms with E-state index >= 15 is 0 Å². The molecule has 3 aliphatic rings. The Morgan fingerprint density at radius 3 is 2.42 bits per heavy atom. The second kappa shape index (κ2) is 11.7. The first-order valence-electron chi connectivity index (χ1n) is 14.5. The summed E-state index contributed by atoms with van der Waals surface area (Å²) < 4.78 is 24.2. The van der Waals surface area contributed by atoms with Crippen molar-refractivity contribution in [1.29, 1.82) is 0 Å². The van der Waals surface area contributed by atoms with Gasteiger partial charge >= 0.3 is 12.1 Å². The lowest BCUT2D eigenvalue weighted by molar-refractivity contribution is -0.165. The summed E-state index contributed by atoms with van der Waals surface area (Å²) in [5, 5.41) is 4.69. The second-order valence-electron chi connectivity index (χ2n) is 12.7. The molecule has 1 aliphatic carbocycles. The van der Waals surface area contributed by atoms with Gasteiger partial charge in [0.2, 0.25) is 12.7 Å². The summed E-state index contributed by atoms with van der Waals surface area (Å²) in [7, 11) is -2.11. The molecule has 2 fully saturated rings. The van der Waals surface area contributed by atoms with Crippen LogP contribution < -0.4 is 0 Å². The Kier molecular flexibility index (Phi) is 8.84. The standard InChI is InChI=1S/C29H45N3O7Si/c1-9-31-18(2)15-22(30-31)21-16-23-24(19(3)39-40(7,8)29(4,5)6)26(33)32(23)25(21)27(34)36-17-37-28(35)38-20-13-11-10-12-14-20/h15,19-20,23-24H,9-14,16-17H2,1-8H3/t19-,23-,24-/m1/s1. The third-order valence-corrected chi connectivity index (χ3v) is 13.5. The molecular formula is C29H45N3O7Si. The molecule has 3 atom stereocenters. The van der Waals surface area contributed by atoms with Crippen molar-refractivity contribution in [2.24, 2.45) is 5.92 Å². The van der Waals surface area contributed by atoms with Crippen LogP contribution in [-0.2, 0) is 34.8 Å². The number of esters is 1.